The second kappa shape index (κ2) is 7.73. The largest absolute Gasteiger partial charge is 0.497 e. The van der Waals surface area contributed by atoms with E-state index in [1.54, 1.807) is 30.3 Å². The van der Waals surface area contributed by atoms with E-state index in [-0.39, 0.29) is 16.4 Å². The fraction of sp³-hybridized carbons (Fsp3) is 0.353. The lowest BCUT2D eigenvalue weighted by Crippen LogP contribution is -2.43. The second-order valence-electron chi connectivity index (χ2n) is 6.21. The molecule has 0 bridgehead atoms. The number of imide groups is 1. The molecule has 0 aromatic heterocycles. The lowest BCUT2D eigenvalue weighted by Gasteiger charge is -2.15. The monoisotopic (exact) mass is 410 g/mol. The van der Waals surface area contributed by atoms with Gasteiger partial charge in [-0.2, -0.15) is 0 Å². The topological polar surface area (TPSA) is 110 Å². The zero-order chi connectivity index (χ0) is 19.6. The van der Waals surface area contributed by atoms with Crippen molar-refractivity contribution in [2.75, 3.05) is 25.2 Å². The molecule has 2 fully saturated rings. The van der Waals surface area contributed by atoms with E-state index >= 15 is 0 Å². The van der Waals surface area contributed by atoms with E-state index in [9.17, 15) is 22.8 Å². The van der Waals surface area contributed by atoms with Crippen LogP contribution in [0.2, 0.25) is 0 Å². The Morgan fingerprint density at radius 2 is 2.19 bits per heavy atom. The third-order valence-corrected chi connectivity index (χ3v) is 6.84. The molecule has 1 N–H and O–H groups in total. The molecule has 0 aliphatic carbocycles. The predicted molar refractivity (Wildman–Crippen MR) is 101 cm³/mol. The van der Waals surface area contributed by atoms with Crippen molar-refractivity contribution in [1.82, 2.24) is 10.2 Å². The van der Waals surface area contributed by atoms with E-state index < -0.39 is 39.5 Å². The minimum atomic E-state index is -3.12. The third kappa shape index (κ3) is 4.69. The average molecular weight is 410 g/mol. The van der Waals surface area contributed by atoms with Gasteiger partial charge in [0, 0.05) is 6.04 Å². The first-order valence-electron chi connectivity index (χ1n) is 8.16. The molecule has 27 heavy (non-hydrogen) atoms. The van der Waals surface area contributed by atoms with Crippen molar-refractivity contribution in [2.24, 2.45) is 0 Å². The Bertz CT molecular complexity index is 925. The van der Waals surface area contributed by atoms with Crippen molar-refractivity contribution in [3.8, 4) is 5.75 Å². The zero-order valence-corrected chi connectivity index (χ0v) is 16.1. The Labute approximate surface area is 160 Å². The number of nitrogens with one attached hydrogen (secondary N) is 1. The smallest absolute Gasteiger partial charge is 0.294 e. The lowest BCUT2D eigenvalue weighted by atomic mass is 10.2. The molecule has 2 saturated heterocycles. The average Bonchev–Trinajstić information content (AvgIpc) is 3.08. The van der Waals surface area contributed by atoms with Gasteiger partial charge in [-0.05, 0) is 42.0 Å². The number of nitrogens with zero attached hydrogens (tertiary/aromatic N) is 1. The standard InChI is InChI=1S/C17H18N2O6S2/c1-25-13-4-2-3-11(7-13)8-14-16(21)19(17(22)26-14)9-15(20)18-12-5-6-27(23,24)10-12/h2-4,7-8,12H,5-6,9-10H2,1H3,(H,18,20)/b14-8-/t12-/m1/s1. The van der Waals surface area contributed by atoms with E-state index in [0.29, 0.717) is 17.7 Å². The van der Waals surface area contributed by atoms with Crippen molar-refractivity contribution in [1.29, 1.82) is 0 Å². The van der Waals surface area contributed by atoms with Crippen LogP contribution in [0.1, 0.15) is 12.0 Å². The quantitative estimate of drug-likeness (QED) is 0.722. The predicted octanol–water partition coefficient (Wildman–Crippen LogP) is 1.03. The minimum Gasteiger partial charge on any atom is -0.497 e. The Morgan fingerprint density at radius 1 is 1.41 bits per heavy atom. The first-order valence-corrected chi connectivity index (χ1v) is 10.8. The van der Waals surface area contributed by atoms with Gasteiger partial charge in [0.25, 0.3) is 11.1 Å². The number of sulfone groups is 1. The number of ether oxygens (including phenoxy) is 1. The molecule has 0 unspecified atom stereocenters. The summed E-state index contributed by atoms with van der Waals surface area (Å²) in [6.07, 6.45) is 1.90. The van der Waals surface area contributed by atoms with Crippen LogP contribution in [0.3, 0.4) is 0 Å². The van der Waals surface area contributed by atoms with Crippen LogP contribution in [0.5, 0.6) is 5.75 Å². The van der Waals surface area contributed by atoms with Crippen molar-refractivity contribution in [3.63, 3.8) is 0 Å². The van der Waals surface area contributed by atoms with Gasteiger partial charge < -0.3 is 10.1 Å². The minimum absolute atomic E-state index is 0.0306. The SMILES string of the molecule is COc1cccc(/C=C2\SC(=O)N(CC(=O)N[C@@H]3CCS(=O)(=O)C3)C2=O)c1. The highest BCUT2D eigenvalue weighted by atomic mass is 32.2. The van der Waals surface area contributed by atoms with Crippen LogP contribution in [0.15, 0.2) is 29.2 Å². The van der Waals surface area contributed by atoms with Crippen molar-refractivity contribution >= 4 is 44.7 Å². The Balaban J connectivity index is 1.65. The second-order valence-corrected chi connectivity index (χ2v) is 9.43. The van der Waals surface area contributed by atoms with Gasteiger partial charge in [-0.15, -0.1) is 0 Å². The normalized spacial score (nSPS) is 23.1. The van der Waals surface area contributed by atoms with E-state index in [0.717, 1.165) is 16.7 Å². The zero-order valence-electron chi connectivity index (χ0n) is 14.5. The number of methoxy groups -OCH3 is 1. The molecular formula is C17H18N2O6S2. The Hall–Kier alpha value is -2.33. The number of carbonyl (C=O) groups excluding carboxylic acids is 3. The Morgan fingerprint density at radius 3 is 2.85 bits per heavy atom. The molecule has 1 aromatic carbocycles. The van der Waals surface area contributed by atoms with Gasteiger partial charge in [0.15, 0.2) is 9.84 Å². The van der Waals surface area contributed by atoms with Gasteiger partial charge >= 0.3 is 0 Å². The van der Waals surface area contributed by atoms with Crippen LogP contribution in [0.4, 0.5) is 4.79 Å². The Kier molecular flexibility index (Phi) is 5.56. The molecule has 2 heterocycles. The molecule has 3 amide bonds. The summed E-state index contributed by atoms with van der Waals surface area (Å²) >= 11 is 0.756. The van der Waals surface area contributed by atoms with Crippen molar-refractivity contribution < 1.29 is 27.5 Å². The summed E-state index contributed by atoms with van der Waals surface area (Å²) in [5.74, 6) is -0.572. The van der Waals surface area contributed by atoms with Gasteiger partial charge in [0.2, 0.25) is 5.91 Å². The summed E-state index contributed by atoms with van der Waals surface area (Å²) in [7, 11) is -1.60. The number of hydrogen-bond donors (Lipinski definition) is 1. The maximum Gasteiger partial charge on any atom is 0.294 e. The van der Waals surface area contributed by atoms with E-state index in [2.05, 4.69) is 5.32 Å². The number of hydrogen-bond acceptors (Lipinski definition) is 7. The molecule has 0 saturated carbocycles. The van der Waals surface area contributed by atoms with Gasteiger partial charge in [0.1, 0.15) is 12.3 Å². The lowest BCUT2D eigenvalue weighted by molar-refractivity contribution is -0.129. The first-order chi connectivity index (χ1) is 12.8. The molecular weight excluding hydrogens is 392 g/mol. The summed E-state index contributed by atoms with van der Waals surface area (Å²) in [5.41, 5.74) is 0.695. The summed E-state index contributed by atoms with van der Waals surface area (Å²) in [4.78, 5) is 37.7. The summed E-state index contributed by atoms with van der Waals surface area (Å²) in [6.45, 7) is -0.434. The van der Waals surface area contributed by atoms with Crippen LogP contribution in [0.25, 0.3) is 6.08 Å². The van der Waals surface area contributed by atoms with Crippen molar-refractivity contribution in [3.05, 3.63) is 34.7 Å². The maximum atomic E-state index is 12.5. The van der Waals surface area contributed by atoms with E-state index in [4.69, 9.17) is 4.74 Å². The maximum absolute atomic E-state index is 12.5. The third-order valence-electron chi connectivity index (χ3n) is 4.16. The highest BCUT2D eigenvalue weighted by molar-refractivity contribution is 8.18. The summed E-state index contributed by atoms with van der Waals surface area (Å²) in [6, 6.07) is 6.54. The molecule has 10 heteroatoms. The van der Waals surface area contributed by atoms with Crippen LogP contribution in [-0.4, -0.2) is 61.6 Å². The number of benzene rings is 1. The van der Waals surface area contributed by atoms with Crippen LogP contribution >= 0.6 is 11.8 Å². The highest BCUT2D eigenvalue weighted by Gasteiger charge is 2.37. The molecule has 0 spiro atoms. The van der Waals surface area contributed by atoms with E-state index in [1.807, 2.05) is 0 Å². The number of carbonyl (C=O) groups is 3. The van der Waals surface area contributed by atoms with Crippen LogP contribution in [0, 0.1) is 0 Å². The molecule has 1 atom stereocenters. The molecule has 2 aliphatic rings. The number of rotatable bonds is 5. The molecule has 2 aliphatic heterocycles. The molecule has 8 nitrogen and oxygen atoms in total. The first kappa shape index (κ1) is 19.4. The van der Waals surface area contributed by atoms with Gasteiger partial charge in [-0.25, -0.2) is 8.42 Å². The summed E-state index contributed by atoms with van der Waals surface area (Å²) < 4.78 is 28.0. The molecule has 144 valence electrons. The van der Waals surface area contributed by atoms with E-state index in [1.165, 1.54) is 7.11 Å². The fourth-order valence-corrected chi connectivity index (χ4v) is 5.36. The fourth-order valence-electron chi connectivity index (χ4n) is 2.84. The molecule has 1 aromatic rings. The number of amides is 3. The van der Waals surface area contributed by atoms with Gasteiger partial charge in [0.05, 0.1) is 23.5 Å². The molecule has 0 radical (unpaired) electrons. The van der Waals surface area contributed by atoms with Gasteiger partial charge in [-0.3, -0.25) is 19.3 Å². The van der Waals surface area contributed by atoms with Crippen molar-refractivity contribution in [2.45, 2.75) is 12.5 Å². The highest BCUT2D eigenvalue weighted by Crippen LogP contribution is 2.32. The van der Waals surface area contributed by atoms with Gasteiger partial charge in [-0.1, -0.05) is 12.1 Å². The van der Waals surface area contributed by atoms with Crippen LogP contribution < -0.4 is 10.1 Å². The number of thioether (sulfide) groups is 1. The summed E-state index contributed by atoms with van der Waals surface area (Å²) in [5, 5.41) is 2.03. The molecule has 3 rings (SSSR count). The van der Waals surface area contributed by atoms with Crippen LogP contribution in [-0.2, 0) is 19.4 Å².